The molecule has 0 fully saturated rings. The first-order valence-electron chi connectivity index (χ1n) is 20.2. The lowest BCUT2D eigenvalue weighted by Crippen LogP contribution is -2.00. The van der Waals surface area contributed by atoms with Crippen molar-refractivity contribution in [3.8, 4) is 62.1 Å². The van der Waals surface area contributed by atoms with Gasteiger partial charge in [0.25, 0.3) is 0 Å². The van der Waals surface area contributed by atoms with Gasteiger partial charge in [0, 0.05) is 38.2 Å². The molecule has 280 valence electrons. The Bertz CT molecular complexity index is 3520. The standard InChI is InChI=1S/C55H34N4O/c1-5-17-35(18-6-1)40-31-32-47(59-46-28-16-15-27-43(46)50-42-26-14-13-25-41(42)45(34-48(50)59)36-19-7-2-8-20-36)52-51(40)44-30-29-39(33-49(44)60-52)55-57-53(37-21-9-3-10-22-37)56-54(58-55)38-23-11-4-12-24-38/h1-34H. The SMILES string of the molecule is c1ccc(-c2nc(-c3ccccc3)nc(-c3ccc4c(c3)oc3c(-n5c6ccccc6c6c7ccccc7c(-c7ccccc7)cc65)ccc(-c5ccccc5)c34)n2)cc1. The molecule has 0 saturated heterocycles. The number of rotatable bonds is 6. The molecule has 0 aliphatic rings. The van der Waals surface area contributed by atoms with Crippen molar-refractivity contribution in [1.29, 1.82) is 0 Å². The van der Waals surface area contributed by atoms with Crippen LogP contribution in [0.25, 0.3) is 117 Å². The molecule has 3 aromatic heterocycles. The van der Waals surface area contributed by atoms with Gasteiger partial charge >= 0.3 is 0 Å². The van der Waals surface area contributed by atoms with Gasteiger partial charge in [-0.15, -0.1) is 0 Å². The molecule has 0 atom stereocenters. The van der Waals surface area contributed by atoms with Crippen molar-refractivity contribution >= 4 is 54.5 Å². The Labute approximate surface area is 345 Å². The molecule has 0 saturated carbocycles. The van der Waals surface area contributed by atoms with Gasteiger partial charge in [-0.1, -0.05) is 176 Å². The maximum absolute atomic E-state index is 7.17. The van der Waals surface area contributed by atoms with Crippen LogP contribution < -0.4 is 0 Å². The molecule has 0 radical (unpaired) electrons. The van der Waals surface area contributed by atoms with Crippen LogP contribution in [0.5, 0.6) is 0 Å². The number of fused-ring (bicyclic) bond motifs is 8. The molecule has 0 unspecified atom stereocenters. The average Bonchev–Trinajstić information content (AvgIpc) is 3.88. The Balaban J connectivity index is 1.14. The molecule has 3 heterocycles. The molecule has 0 aliphatic carbocycles. The second-order valence-corrected chi connectivity index (χ2v) is 15.1. The minimum Gasteiger partial charge on any atom is -0.454 e. The highest BCUT2D eigenvalue weighted by Crippen LogP contribution is 2.45. The topological polar surface area (TPSA) is 56.7 Å². The van der Waals surface area contributed by atoms with E-state index in [0.717, 1.165) is 66.5 Å². The summed E-state index contributed by atoms with van der Waals surface area (Å²) in [6.45, 7) is 0. The van der Waals surface area contributed by atoms with Crippen molar-refractivity contribution in [1.82, 2.24) is 19.5 Å². The predicted molar refractivity (Wildman–Crippen MR) is 246 cm³/mol. The Kier molecular flexibility index (Phi) is 7.78. The summed E-state index contributed by atoms with van der Waals surface area (Å²) in [6, 6.07) is 72.1. The Morgan fingerprint density at radius 2 is 0.850 bits per heavy atom. The molecule has 60 heavy (non-hydrogen) atoms. The number of hydrogen-bond donors (Lipinski definition) is 0. The van der Waals surface area contributed by atoms with Crippen LogP contribution in [0, 0.1) is 0 Å². The minimum atomic E-state index is 0.580. The van der Waals surface area contributed by atoms with Crippen LogP contribution in [0.2, 0.25) is 0 Å². The number of benzene rings is 9. The minimum absolute atomic E-state index is 0.580. The van der Waals surface area contributed by atoms with E-state index in [1.165, 1.54) is 32.7 Å². The van der Waals surface area contributed by atoms with Crippen LogP contribution in [0.3, 0.4) is 0 Å². The summed E-state index contributed by atoms with van der Waals surface area (Å²) in [4.78, 5) is 15.0. The number of furan rings is 1. The number of para-hydroxylation sites is 1. The van der Waals surface area contributed by atoms with Gasteiger partial charge in [-0.3, -0.25) is 0 Å². The fourth-order valence-electron chi connectivity index (χ4n) is 8.92. The van der Waals surface area contributed by atoms with Crippen LogP contribution in [-0.4, -0.2) is 19.5 Å². The summed E-state index contributed by atoms with van der Waals surface area (Å²) < 4.78 is 9.57. The van der Waals surface area contributed by atoms with E-state index in [9.17, 15) is 0 Å². The molecule has 5 nitrogen and oxygen atoms in total. The first kappa shape index (κ1) is 33.9. The number of aromatic nitrogens is 4. The van der Waals surface area contributed by atoms with Crippen molar-refractivity contribution in [3.05, 3.63) is 206 Å². The Morgan fingerprint density at radius 3 is 1.48 bits per heavy atom. The third-order valence-electron chi connectivity index (χ3n) is 11.6. The average molecular weight is 767 g/mol. The fourth-order valence-corrected chi connectivity index (χ4v) is 8.92. The van der Waals surface area contributed by atoms with E-state index in [0.29, 0.717) is 17.5 Å². The van der Waals surface area contributed by atoms with Gasteiger partial charge in [0.1, 0.15) is 5.58 Å². The molecule has 12 rings (SSSR count). The lowest BCUT2D eigenvalue weighted by molar-refractivity contribution is 0.666. The molecule has 0 spiro atoms. The highest BCUT2D eigenvalue weighted by atomic mass is 16.3. The van der Waals surface area contributed by atoms with Crippen LogP contribution in [0.15, 0.2) is 211 Å². The lowest BCUT2D eigenvalue weighted by Gasteiger charge is -2.14. The molecular weight excluding hydrogens is 733 g/mol. The van der Waals surface area contributed by atoms with E-state index in [1.807, 2.05) is 60.7 Å². The van der Waals surface area contributed by atoms with Gasteiger partial charge < -0.3 is 8.98 Å². The maximum atomic E-state index is 7.17. The van der Waals surface area contributed by atoms with Crippen molar-refractivity contribution in [2.24, 2.45) is 0 Å². The highest BCUT2D eigenvalue weighted by Gasteiger charge is 2.23. The van der Waals surface area contributed by atoms with E-state index in [-0.39, 0.29) is 0 Å². The maximum Gasteiger partial charge on any atom is 0.164 e. The second-order valence-electron chi connectivity index (χ2n) is 15.1. The summed E-state index contributed by atoms with van der Waals surface area (Å²) in [6.07, 6.45) is 0. The van der Waals surface area contributed by atoms with Crippen molar-refractivity contribution in [2.75, 3.05) is 0 Å². The summed E-state index contributed by atoms with van der Waals surface area (Å²) in [5.74, 6) is 1.81. The Morgan fingerprint density at radius 1 is 0.333 bits per heavy atom. The van der Waals surface area contributed by atoms with Crippen LogP contribution >= 0.6 is 0 Å². The van der Waals surface area contributed by atoms with Crippen molar-refractivity contribution in [3.63, 3.8) is 0 Å². The van der Waals surface area contributed by atoms with Gasteiger partial charge in [0.05, 0.1) is 16.7 Å². The summed E-state index contributed by atoms with van der Waals surface area (Å²) >= 11 is 0. The van der Waals surface area contributed by atoms with Gasteiger partial charge in [-0.25, -0.2) is 15.0 Å². The third kappa shape index (κ3) is 5.44. The summed E-state index contributed by atoms with van der Waals surface area (Å²) in [5, 5.41) is 6.94. The third-order valence-corrected chi connectivity index (χ3v) is 11.6. The zero-order chi connectivity index (χ0) is 39.6. The molecule has 0 aliphatic heterocycles. The van der Waals surface area contributed by atoms with Crippen LogP contribution in [-0.2, 0) is 0 Å². The smallest absolute Gasteiger partial charge is 0.164 e. The molecular formula is C55H34N4O. The Hall–Kier alpha value is -8.15. The van der Waals surface area contributed by atoms with Crippen LogP contribution in [0.1, 0.15) is 0 Å². The predicted octanol–water partition coefficient (Wildman–Crippen LogP) is 14.4. The van der Waals surface area contributed by atoms with E-state index in [2.05, 4.69) is 150 Å². The first-order chi connectivity index (χ1) is 29.8. The van der Waals surface area contributed by atoms with Gasteiger partial charge in [0.2, 0.25) is 0 Å². The molecule has 0 bridgehead atoms. The summed E-state index contributed by atoms with van der Waals surface area (Å²) in [5.41, 5.74) is 12.1. The molecule has 5 heteroatoms. The van der Waals surface area contributed by atoms with E-state index >= 15 is 0 Å². The normalized spacial score (nSPS) is 11.7. The number of nitrogens with zero attached hydrogens (tertiary/aromatic N) is 4. The van der Waals surface area contributed by atoms with Gasteiger partial charge in [-0.05, 0) is 63.4 Å². The lowest BCUT2D eigenvalue weighted by atomic mass is 9.95. The van der Waals surface area contributed by atoms with Crippen molar-refractivity contribution in [2.45, 2.75) is 0 Å². The van der Waals surface area contributed by atoms with Gasteiger partial charge in [-0.2, -0.15) is 0 Å². The van der Waals surface area contributed by atoms with E-state index in [1.54, 1.807) is 0 Å². The quantitative estimate of drug-likeness (QED) is 0.169. The molecule has 9 aromatic carbocycles. The van der Waals surface area contributed by atoms with E-state index in [4.69, 9.17) is 19.4 Å². The van der Waals surface area contributed by atoms with E-state index < -0.39 is 0 Å². The molecule has 0 amide bonds. The van der Waals surface area contributed by atoms with Crippen LogP contribution in [0.4, 0.5) is 0 Å². The highest BCUT2D eigenvalue weighted by molar-refractivity contribution is 6.25. The summed E-state index contributed by atoms with van der Waals surface area (Å²) in [7, 11) is 0. The zero-order valence-corrected chi connectivity index (χ0v) is 32.3. The second kappa shape index (κ2) is 13.8. The van der Waals surface area contributed by atoms with Gasteiger partial charge in [0.15, 0.2) is 23.1 Å². The zero-order valence-electron chi connectivity index (χ0n) is 32.3. The monoisotopic (exact) mass is 766 g/mol. The first-order valence-corrected chi connectivity index (χ1v) is 20.2. The fraction of sp³-hybridized carbons (Fsp3) is 0. The largest absolute Gasteiger partial charge is 0.454 e. The number of hydrogen-bond acceptors (Lipinski definition) is 4. The van der Waals surface area contributed by atoms with Crippen molar-refractivity contribution < 1.29 is 4.42 Å². The molecule has 0 N–H and O–H groups in total. The molecule has 12 aromatic rings.